The minimum Gasteiger partial charge on any atom is -0.300 e. The van der Waals surface area contributed by atoms with Crippen LogP contribution in [0.3, 0.4) is 0 Å². The molecule has 0 bridgehead atoms. The van der Waals surface area contributed by atoms with Crippen LogP contribution in [-0.2, 0) is 11.2 Å². The van der Waals surface area contributed by atoms with Crippen molar-refractivity contribution in [1.29, 1.82) is 0 Å². The largest absolute Gasteiger partial charge is 0.300 e. The number of amides is 1. The number of carbonyl (C=O) groups is 1. The van der Waals surface area contributed by atoms with E-state index in [0.29, 0.717) is 0 Å². The molecular weight excluding hydrogens is 182 g/mol. The Morgan fingerprint density at radius 2 is 2.08 bits per heavy atom. The van der Waals surface area contributed by atoms with Gasteiger partial charge < -0.3 is 4.72 Å². The van der Waals surface area contributed by atoms with Gasteiger partial charge in [-0.25, -0.2) is 0 Å². The number of benzene rings is 1. The number of rotatable bonds is 4. The molecule has 0 saturated heterocycles. The van der Waals surface area contributed by atoms with E-state index < -0.39 is 0 Å². The minimum atomic E-state index is 0.0121. The van der Waals surface area contributed by atoms with Crippen LogP contribution in [0.4, 0.5) is 0 Å². The zero-order chi connectivity index (χ0) is 9.52. The number of nitrogens with one attached hydrogen (secondary N) is 1. The van der Waals surface area contributed by atoms with Crippen LogP contribution in [0.2, 0.25) is 0 Å². The highest BCUT2D eigenvalue weighted by molar-refractivity contribution is 7.97. The Kier molecular flexibility index (Phi) is 4.40. The van der Waals surface area contributed by atoms with E-state index in [1.54, 1.807) is 0 Å². The van der Waals surface area contributed by atoms with Crippen molar-refractivity contribution in [2.24, 2.45) is 0 Å². The van der Waals surface area contributed by atoms with E-state index in [1.807, 2.05) is 18.2 Å². The summed E-state index contributed by atoms with van der Waals surface area (Å²) in [6, 6.07) is 10.2. The van der Waals surface area contributed by atoms with E-state index in [0.717, 1.165) is 12.2 Å². The van der Waals surface area contributed by atoms with Crippen LogP contribution in [0.15, 0.2) is 30.3 Å². The molecule has 0 atom stereocenters. The molecule has 1 aromatic rings. The predicted octanol–water partition coefficient (Wildman–Crippen LogP) is 2.01. The molecule has 1 rings (SSSR count). The lowest BCUT2D eigenvalue weighted by atomic mass is 10.2. The first-order valence-corrected chi connectivity index (χ1v) is 5.20. The normalized spacial score (nSPS) is 9.62. The molecule has 1 aromatic carbocycles. The second-order valence-corrected chi connectivity index (χ2v) is 3.64. The first kappa shape index (κ1) is 10.1. The first-order chi connectivity index (χ1) is 6.29. The van der Waals surface area contributed by atoms with Crippen LogP contribution in [-0.4, -0.2) is 11.7 Å². The van der Waals surface area contributed by atoms with Gasteiger partial charge in [-0.15, -0.1) is 0 Å². The van der Waals surface area contributed by atoms with Crippen molar-refractivity contribution in [3.8, 4) is 0 Å². The van der Waals surface area contributed by atoms with Gasteiger partial charge >= 0.3 is 0 Å². The molecule has 0 spiro atoms. The molecule has 70 valence electrons. The monoisotopic (exact) mass is 195 g/mol. The molecule has 13 heavy (non-hydrogen) atoms. The lowest BCUT2D eigenvalue weighted by molar-refractivity contribution is -0.117. The van der Waals surface area contributed by atoms with Gasteiger partial charge in [0.25, 0.3) is 0 Å². The molecule has 0 heterocycles. The first-order valence-electron chi connectivity index (χ1n) is 4.21. The van der Waals surface area contributed by atoms with Crippen LogP contribution in [0.25, 0.3) is 0 Å². The Bertz CT molecular complexity index is 261. The molecule has 0 radical (unpaired) electrons. The summed E-state index contributed by atoms with van der Waals surface area (Å²) in [6.07, 6.45) is 0.992. The van der Waals surface area contributed by atoms with E-state index in [4.69, 9.17) is 0 Å². The predicted molar refractivity (Wildman–Crippen MR) is 56.4 cm³/mol. The van der Waals surface area contributed by atoms with E-state index in [1.165, 1.54) is 24.4 Å². The van der Waals surface area contributed by atoms with Crippen LogP contribution in [0.1, 0.15) is 12.5 Å². The molecule has 0 aromatic heterocycles. The molecule has 0 aliphatic carbocycles. The van der Waals surface area contributed by atoms with Crippen LogP contribution < -0.4 is 4.72 Å². The zero-order valence-corrected chi connectivity index (χ0v) is 8.43. The topological polar surface area (TPSA) is 29.1 Å². The Hall–Kier alpha value is -0.960. The molecule has 0 aliphatic rings. The Morgan fingerprint density at radius 3 is 2.69 bits per heavy atom. The maximum atomic E-state index is 10.5. The fourth-order valence-corrected chi connectivity index (χ4v) is 1.61. The van der Waals surface area contributed by atoms with Gasteiger partial charge in [-0.05, 0) is 12.0 Å². The second kappa shape index (κ2) is 5.65. The van der Waals surface area contributed by atoms with E-state index in [9.17, 15) is 4.79 Å². The minimum absolute atomic E-state index is 0.0121. The van der Waals surface area contributed by atoms with Crippen molar-refractivity contribution >= 4 is 17.9 Å². The summed E-state index contributed by atoms with van der Waals surface area (Å²) in [5.74, 6) is 0.932. The highest BCUT2D eigenvalue weighted by Gasteiger charge is 1.93. The molecule has 1 amide bonds. The van der Waals surface area contributed by atoms with Crippen molar-refractivity contribution in [3.05, 3.63) is 35.9 Å². The summed E-state index contributed by atoms with van der Waals surface area (Å²) in [7, 11) is 0. The number of carbonyl (C=O) groups excluding carboxylic acids is 1. The van der Waals surface area contributed by atoms with Crippen molar-refractivity contribution in [3.63, 3.8) is 0 Å². The van der Waals surface area contributed by atoms with Crippen LogP contribution in [0, 0.1) is 0 Å². The molecule has 2 nitrogen and oxygen atoms in total. The molecule has 1 N–H and O–H groups in total. The third kappa shape index (κ3) is 4.58. The van der Waals surface area contributed by atoms with E-state index >= 15 is 0 Å². The summed E-state index contributed by atoms with van der Waals surface area (Å²) in [5, 5.41) is 0. The van der Waals surface area contributed by atoms with Crippen molar-refractivity contribution < 1.29 is 4.79 Å². The summed E-state index contributed by atoms with van der Waals surface area (Å²) in [4.78, 5) is 10.5. The van der Waals surface area contributed by atoms with Crippen LogP contribution in [0.5, 0.6) is 0 Å². The SMILES string of the molecule is CC(=O)NSCCc1ccccc1. The van der Waals surface area contributed by atoms with Gasteiger partial charge in [0.05, 0.1) is 0 Å². The standard InChI is InChI=1S/C10H13NOS/c1-9(12)11-13-8-7-10-5-3-2-4-6-10/h2-6H,7-8H2,1H3,(H,11,12). The highest BCUT2D eigenvalue weighted by atomic mass is 32.2. The van der Waals surface area contributed by atoms with Gasteiger partial charge in [0.15, 0.2) is 0 Å². The van der Waals surface area contributed by atoms with Gasteiger partial charge in [-0.1, -0.05) is 42.3 Å². The average Bonchev–Trinajstić information content (AvgIpc) is 2.14. The second-order valence-electron chi connectivity index (χ2n) is 2.74. The third-order valence-corrected chi connectivity index (χ3v) is 2.39. The fraction of sp³-hybridized carbons (Fsp3) is 0.300. The molecule has 0 aliphatic heterocycles. The summed E-state index contributed by atoms with van der Waals surface area (Å²) in [5.41, 5.74) is 1.31. The fourth-order valence-electron chi connectivity index (χ4n) is 0.966. The van der Waals surface area contributed by atoms with Gasteiger partial charge in [-0.3, -0.25) is 4.79 Å². The molecule has 0 fully saturated rings. The van der Waals surface area contributed by atoms with E-state index in [-0.39, 0.29) is 5.91 Å². The smallest absolute Gasteiger partial charge is 0.226 e. The van der Waals surface area contributed by atoms with Gasteiger partial charge in [0.1, 0.15) is 0 Å². The summed E-state index contributed by atoms with van der Waals surface area (Å²) < 4.78 is 2.69. The lowest BCUT2D eigenvalue weighted by Crippen LogP contribution is -2.11. The maximum absolute atomic E-state index is 10.5. The number of aryl methyl sites for hydroxylation is 1. The molecule has 3 heteroatoms. The van der Waals surface area contributed by atoms with Crippen molar-refractivity contribution in [2.45, 2.75) is 13.3 Å². The maximum Gasteiger partial charge on any atom is 0.226 e. The van der Waals surface area contributed by atoms with Crippen molar-refractivity contribution in [1.82, 2.24) is 4.72 Å². The zero-order valence-electron chi connectivity index (χ0n) is 7.62. The van der Waals surface area contributed by atoms with Crippen molar-refractivity contribution in [2.75, 3.05) is 5.75 Å². The number of hydrogen-bond donors (Lipinski definition) is 1. The lowest BCUT2D eigenvalue weighted by Gasteiger charge is -2.00. The van der Waals surface area contributed by atoms with Crippen LogP contribution >= 0.6 is 11.9 Å². The number of hydrogen-bond acceptors (Lipinski definition) is 2. The molecule has 0 unspecified atom stereocenters. The van der Waals surface area contributed by atoms with Gasteiger partial charge in [0.2, 0.25) is 5.91 Å². The quantitative estimate of drug-likeness (QED) is 0.588. The van der Waals surface area contributed by atoms with Gasteiger partial charge in [-0.2, -0.15) is 0 Å². The van der Waals surface area contributed by atoms with Gasteiger partial charge in [0, 0.05) is 12.7 Å². The Labute approximate surface area is 82.9 Å². The average molecular weight is 195 g/mol. The Morgan fingerprint density at radius 1 is 1.38 bits per heavy atom. The van der Waals surface area contributed by atoms with E-state index in [2.05, 4.69) is 16.9 Å². The molecular formula is C10H13NOS. The molecule has 0 saturated carbocycles. The highest BCUT2D eigenvalue weighted by Crippen LogP contribution is 2.03. The third-order valence-electron chi connectivity index (χ3n) is 1.55. The summed E-state index contributed by atoms with van der Waals surface area (Å²) >= 11 is 1.46. The summed E-state index contributed by atoms with van der Waals surface area (Å²) in [6.45, 7) is 1.52. The Balaban J connectivity index is 2.17.